The second-order valence-electron chi connectivity index (χ2n) is 15.8. The van der Waals surface area contributed by atoms with Crippen LogP contribution in [0.25, 0.3) is 66.6 Å². The highest BCUT2D eigenvalue weighted by atomic mass is 28.3. The van der Waals surface area contributed by atoms with Gasteiger partial charge in [0.05, 0.1) is 42.6 Å². The van der Waals surface area contributed by atoms with Crippen molar-refractivity contribution in [3.63, 3.8) is 0 Å². The van der Waals surface area contributed by atoms with Crippen LogP contribution < -0.4 is 20.7 Å². The van der Waals surface area contributed by atoms with Crippen molar-refractivity contribution in [1.82, 2.24) is 24.1 Å². The summed E-state index contributed by atoms with van der Waals surface area (Å²) in [5, 5.41) is -0.244. The molecular formula is C61H45N5Si. The number of rotatable bonds is 7. The third-order valence-electron chi connectivity index (χ3n) is 12.2. The fourth-order valence-electron chi connectivity index (χ4n) is 9.35. The molecule has 3 heterocycles. The summed E-state index contributed by atoms with van der Waals surface area (Å²) >= 11 is 0. The van der Waals surface area contributed by atoms with E-state index in [2.05, 4.69) is 9.97 Å². The SMILES string of the molecule is [2H]c1c([2H])c([2H])c([Si](c2cccc(-c3ncnc(-n4c5ccccc5c5cc(-n6c7ccccc7c7c8ccc(c76)C([2H])([2H])C([2H])([2H])c6ccc(cc6)C([2H])([2H])C8([2H])[2H])ccc54)n3)c2)(c2c([2H])c([2H])c([2H])c([2H])c2[2H])c2c([2H])c([2H])c([2H])c([2H])c2[2H])c([2H])c1[2H]. The summed E-state index contributed by atoms with van der Waals surface area (Å²) in [4.78, 5) is 14.2. The molecule has 0 unspecified atom stereocenters. The minimum atomic E-state index is -5.50. The normalized spacial score (nSPS) is 20.7. The Hall–Kier alpha value is -8.19. The van der Waals surface area contributed by atoms with Crippen molar-refractivity contribution in [3.05, 3.63) is 247 Å². The van der Waals surface area contributed by atoms with Gasteiger partial charge in [-0.1, -0.05) is 188 Å². The largest absolute Gasteiger partial charge is 0.309 e. The molecule has 0 spiro atoms. The van der Waals surface area contributed by atoms with Gasteiger partial charge in [0.25, 0.3) is 0 Å². The lowest BCUT2D eigenvalue weighted by Crippen LogP contribution is -2.74. The smallest absolute Gasteiger partial charge is 0.238 e. The van der Waals surface area contributed by atoms with Gasteiger partial charge in [0, 0.05) is 43.8 Å². The summed E-state index contributed by atoms with van der Waals surface area (Å²) in [6.45, 7) is 0. The van der Waals surface area contributed by atoms with Crippen LogP contribution in [0, 0.1) is 0 Å². The van der Waals surface area contributed by atoms with Crippen LogP contribution in [-0.2, 0) is 25.5 Å². The van der Waals surface area contributed by atoms with E-state index < -0.39 is 140 Å². The van der Waals surface area contributed by atoms with Gasteiger partial charge in [-0.3, -0.25) is 4.57 Å². The second-order valence-corrected chi connectivity index (χ2v) is 19.4. The average molecular weight is 899 g/mol. The standard InChI is InChI=1S/C61H45N5Si/c1-4-16-48(17-5-1)67(49-18-6-2-7-19-49,50-20-8-3-9-21-50)51-22-14-15-46(39-51)60-62-41-63-61(64-60)66-55-25-12-10-23-52(55)54-40-47(37-38-57(54)66)65-56-26-13-11-24-53(56)58-44-33-31-42-27-29-43(30-28-42)32-34-45(36-35-44)59(58)65/h1-30,35-41H,31-34H2/i1D,2D,3D,4D,5D,6D,7D,8D,9D,16D,17D,18D,19D,20D,21D,31D2,32D2,33D2,34D2. The molecule has 0 saturated heterocycles. The Morgan fingerprint density at radius 1 is 0.463 bits per heavy atom. The zero-order valence-electron chi connectivity index (χ0n) is 57.9. The fraction of sp³-hybridized carbons (Fsp3) is 0.0656. The molecule has 0 N–H and O–H groups in total. The highest BCUT2D eigenvalue weighted by molar-refractivity contribution is 7.19. The summed E-state index contributed by atoms with van der Waals surface area (Å²) in [5.41, 5.74) is 1.86. The highest BCUT2D eigenvalue weighted by Crippen LogP contribution is 2.40. The molecule has 16 rings (SSSR count). The van der Waals surface area contributed by atoms with E-state index in [9.17, 15) is 19.2 Å². The molecule has 0 aliphatic heterocycles. The van der Waals surface area contributed by atoms with Crippen LogP contribution in [-0.4, -0.2) is 32.2 Å². The molecule has 6 heteroatoms. The lowest BCUT2D eigenvalue weighted by molar-refractivity contribution is 0.929. The van der Waals surface area contributed by atoms with Crippen LogP contribution >= 0.6 is 0 Å². The van der Waals surface area contributed by atoms with Gasteiger partial charge in [-0.05, 0) is 98.8 Å². The van der Waals surface area contributed by atoms with Gasteiger partial charge >= 0.3 is 0 Å². The summed E-state index contributed by atoms with van der Waals surface area (Å²) < 4.78 is 216. The summed E-state index contributed by atoms with van der Waals surface area (Å²) in [6.07, 6.45) is -9.70. The van der Waals surface area contributed by atoms with Crippen LogP contribution in [0.5, 0.6) is 0 Å². The predicted octanol–water partition coefficient (Wildman–Crippen LogP) is 11.0. The monoisotopic (exact) mass is 898 g/mol. The Kier molecular flexibility index (Phi) is 5.35. The van der Waals surface area contributed by atoms with E-state index in [0.29, 0.717) is 38.4 Å². The van der Waals surface area contributed by atoms with Crippen LogP contribution in [0.2, 0.25) is 0 Å². The maximum Gasteiger partial charge on any atom is 0.238 e. The van der Waals surface area contributed by atoms with Crippen molar-refractivity contribution in [3.8, 4) is 23.0 Å². The van der Waals surface area contributed by atoms with E-state index in [-0.39, 0.29) is 55.7 Å². The minimum Gasteiger partial charge on any atom is -0.309 e. The molecule has 0 radical (unpaired) electrons. The fourth-order valence-corrected chi connectivity index (χ4v) is 13.2. The summed E-state index contributed by atoms with van der Waals surface area (Å²) in [5.74, 6) is -0.0439. The van der Waals surface area contributed by atoms with Crippen molar-refractivity contribution in [2.75, 3.05) is 0 Å². The topological polar surface area (TPSA) is 48.5 Å². The molecule has 4 aliphatic carbocycles. The number of nitrogens with zero attached hydrogens (tertiary/aromatic N) is 5. The first-order valence-electron chi connectivity index (χ1n) is 32.7. The van der Waals surface area contributed by atoms with E-state index in [1.165, 1.54) is 67.0 Å². The van der Waals surface area contributed by atoms with Crippen LogP contribution in [0.4, 0.5) is 0 Å². The second kappa shape index (κ2) is 16.1. The minimum absolute atomic E-state index is 0.0275. The van der Waals surface area contributed by atoms with E-state index >= 15 is 0 Å². The molecule has 9 aromatic carbocycles. The quantitative estimate of drug-likeness (QED) is 0.118. The van der Waals surface area contributed by atoms with Gasteiger partial charge in [0.2, 0.25) is 5.95 Å². The molecule has 5 nitrogen and oxygen atoms in total. The maximum absolute atomic E-state index is 9.72. The van der Waals surface area contributed by atoms with Gasteiger partial charge in [0.15, 0.2) is 13.9 Å². The summed E-state index contributed by atoms with van der Waals surface area (Å²) in [6, 6.07) is 19.7. The third-order valence-corrected chi connectivity index (χ3v) is 16.4. The predicted molar refractivity (Wildman–Crippen MR) is 279 cm³/mol. The Labute approximate surface area is 422 Å². The summed E-state index contributed by atoms with van der Waals surface area (Å²) in [7, 11) is -5.50. The van der Waals surface area contributed by atoms with Gasteiger partial charge in [-0.15, -0.1) is 0 Å². The molecule has 0 amide bonds. The zero-order valence-corrected chi connectivity index (χ0v) is 35.9. The first kappa shape index (κ1) is 22.3. The number of hydrogen-bond donors (Lipinski definition) is 0. The molecule has 0 atom stereocenters. The van der Waals surface area contributed by atoms with Crippen LogP contribution in [0.3, 0.4) is 0 Å². The van der Waals surface area contributed by atoms with Crippen molar-refractivity contribution < 1.29 is 31.5 Å². The lowest BCUT2D eigenvalue weighted by Gasteiger charge is -2.34. The Morgan fingerprint density at radius 2 is 1.04 bits per heavy atom. The highest BCUT2D eigenvalue weighted by Gasteiger charge is 2.41. The van der Waals surface area contributed by atoms with Crippen LogP contribution in [0.1, 0.15) is 53.8 Å². The Bertz CT molecular complexity index is 4870. The molecule has 0 saturated carbocycles. The third kappa shape index (κ3) is 6.39. The number of para-hydroxylation sites is 2. The Balaban J connectivity index is 1.06. The zero-order chi connectivity index (χ0) is 64.5. The first-order chi connectivity index (χ1) is 42.5. The van der Waals surface area contributed by atoms with Gasteiger partial charge in [-0.25, -0.2) is 9.97 Å². The van der Waals surface area contributed by atoms with Gasteiger partial charge in [-0.2, -0.15) is 4.98 Å². The van der Waals surface area contributed by atoms with Crippen molar-refractivity contribution in [1.29, 1.82) is 0 Å². The van der Waals surface area contributed by atoms with Gasteiger partial charge in [0.1, 0.15) is 6.33 Å². The number of benzene rings is 9. The molecule has 67 heavy (non-hydrogen) atoms. The van der Waals surface area contributed by atoms with Crippen molar-refractivity contribution >= 4 is 72.4 Å². The Morgan fingerprint density at radius 3 is 1.72 bits per heavy atom. The number of aromatic nitrogens is 5. The maximum atomic E-state index is 9.72. The van der Waals surface area contributed by atoms with Crippen molar-refractivity contribution in [2.45, 2.75) is 25.5 Å². The molecule has 0 fully saturated rings. The molecule has 12 aromatic rings. The number of aryl methyl sites for hydroxylation is 4. The van der Waals surface area contributed by atoms with Crippen LogP contribution in [0.15, 0.2) is 224 Å². The lowest BCUT2D eigenvalue weighted by atomic mass is 9.93. The van der Waals surface area contributed by atoms with E-state index in [0.717, 1.165) is 0 Å². The first-order valence-corrected chi connectivity index (χ1v) is 23.2. The van der Waals surface area contributed by atoms with Crippen molar-refractivity contribution in [2.24, 2.45) is 0 Å². The van der Waals surface area contributed by atoms with E-state index in [1.807, 2.05) is 24.3 Å². The number of fused-ring (bicyclic) bond motifs is 4. The number of hydrogen-bond acceptors (Lipinski definition) is 3. The molecular weight excluding hydrogens is 831 g/mol. The molecule has 3 aromatic heterocycles. The molecule has 4 aliphatic rings. The van der Waals surface area contributed by atoms with E-state index in [1.54, 1.807) is 51.6 Å². The van der Waals surface area contributed by atoms with E-state index in [4.69, 9.17) is 17.3 Å². The average Bonchev–Trinajstić information content (AvgIpc) is 0.934. The molecule has 318 valence electrons. The molecule has 4 bridgehead atoms. The van der Waals surface area contributed by atoms with Gasteiger partial charge < -0.3 is 4.57 Å².